The molecule has 0 spiro atoms. The van der Waals surface area contributed by atoms with Crippen LogP contribution in [0, 0.1) is 0 Å². The molecule has 2 rings (SSSR count). The van der Waals surface area contributed by atoms with Crippen molar-refractivity contribution in [3.63, 3.8) is 0 Å². The zero-order valence-corrected chi connectivity index (χ0v) is 8.79. The Kier molecular flexibility index (Phi) is 3.34. The van der Waals surface area contributed by atoms with Crippen molar-refractivity contribution in [1.82, 2.24) is 4.98 Å². The van der Waals surface area contributed by atoms with Crippen molar-refractivity contribution in [2.75, 3.05) is 31.2 Å². The second kappa shape index (κ2) is 4.72. The number of anilines is 1. The smallest absolute Gasteiger partial charge is 0.185 e. The van der Waals surface area contributed by atoms with Crippen molar-refractivity contribution in [2.45, 2.75) is 13.0 Å². The molecule has 1 aliphatic rings. The summed E-state index contributed by atoms with van der Waals surface area (Å²) in [4.78, 5) is 7.42. The number of aliphatic hydroxyl groups is 1. The maximum Gasteiger partial charge on any atom is 0.185 e. The van der Waals surface area contributed by atoms with Gasteiger partial charge in [-0.1, -0.05) is 11.3 Å². The lowest BCUT2D eigenvalue weighted by Crippen LogP contribution is -2.25. The van der Waals surface area contributed by atoms with Crippen LogP contribution in [0.4, 0.5) is 5.13 Å². The van der Waals surface area contributed by atoms with Crippen LogP contribution in [-0.4, -0.2) is 36.4 Å². The average Bonchev–Trinajstić information content (AvgIpc) is 2.53. The predicted octanol–water partition coefficient (Wildman–Crippen LogP) is 0.862. The van der Waals surface area contributed by atoms with Crippen molar-refractivity contribution >= 4 is 16.5 Å². The Bertz CT molecular complexity index is 282. The molecule has 0 radical (unpaired) electrons. The average molecular weight is 214 g/mol. The molecule has 1 aromatic heterocycles. The summed E-state index contributed by atoms with van der Waals surface area (Å²) in [6.45, 7) is 3.60. The van der Waals surface area contributed by atoms with E-state index in [4.69, 9.17) is 9.84 Å². The Hall–Kier alpha value is -0.650. The molecule has 0 aromatic carbocycles. The molecule has 4 nitrogen and oxygen atoms in total. The summed E-state index contributed by atoms with van der Waals surface area (Å²) in [5.41, 5.74) is 0. The first-order chi connectivity index (χ1) is 6.90. The van der Waals surface area contributed by atoms with E-state index in [9.17, 15) is 0 Å². The summed E-state index contributed by atoms with van der Waals surface area (Å²) < 4.78 is 5.37. The predicted molar refractivity (Wildman–Crippen MR) is 55.7 cm³/mol. The number of aliphatic hydroxyl groups excluding tert-OH is 1. The molecular formula is C9H14N2O2S. The first-order valence-electron chi connectivity index (χ1n) is 4.78. The van der Waals surface area contributed by atoms with Gasteiger partial charge >= 0.3 is 0 Å². The minimum atomic E-state index is 0.0853. The molecule has 2 heterocycles. The molecule has 78 valence electrons. The lowest BCUT2D eigenvalue weighted by atomic mass is 10.4. The first kappa shape index (κ1) is 9.89. The van der Waals surface area contributed by atoms with Gasteiger partial charge in [-0.05, 0) is 6.42 Å². The van der Waals surface area contributed by atoms with E-state index in [2.05, 4.69) is 9.88 Å². The molecule has 1 saturated heterocycles. The molecule has 5 heteroatoms. The van der Waals surface area contributed by atoms with Gasteiger partial charge in [0.15, 0.2) is 5.13 Å². The molecule has 0 aliphatic carbocycles. The lowest BCUT2D eigenvalue weighted by Gasteiger charge is -2.17. The minimum absolute atomic E-state index is 0.0853. The Morgan fingerprint density at radius 3 is 3.21 bits per heavy atom. The fourth-order valence-electron chi connectivity index (χ4n) is 1.45. The highest BCUT2D eigenvalue weighted by atomic mass is 32.1. The molecule has 1 aromatic rings. The minimum Gasteiger partial charge on any atom is -0.391 e. The van der Waals surface area contributed by atoms with E-state index in [1.165, 1.54) is 0 Å². The van der Waals surface area contributed by atoms with Gasteiger partial charge in [-0.2, -0.15) is 0 Å². The molecule has 1 fully saturated rings. The quantitative estimate of drug-likeness (QED) is 0.793. The summed E-state index contributed by atoms with van der Waals surface area (Å²) in [7, 11) is 0. The van der Waals surface area contributed by atoms with E-state index in [0.717, 1.165) is 42.7 Å². The molecule has 0 amide bonds. The van der Waals surface area contributed by atoms with Crippen molar-refractivity contribution < 1.29 is 9.84 Å². The van der Waals surface area contributed by atoms with Crippen LogP contribution >= 0.6 is 11.3 Å². The van der Waals surface area contributed by atoms with E-state index in [0.29, 0.717) is 0 Å². The number of thiazole rings is 1. The normalized spacial score (nSPS) is 18.2. The molecule has 0 saturated carbocycles. The van der Waals surface area contributed by atoms with E-state index < -0.39 is 0 Å². The van der Waals surface area contributed by atoms with Crippen molar-refractivity contribution in [1.29, 1.82) is 0 Å². The molecular weight excluding hydrogens is 200 g/mol. The fourth-order valence-corrected chi connectivity index (χ4v) is 2.28. The Morgan fingerprint density at radius 1 is 1.50 bits per heavy atom. The molecule has 0 unspecified atom stereocenters. The maximum atomic E-state index is 8.93. The third-order valence-electron chi connectivity index (χ3n) is 2.19. The van der Waals surface area contributed by atoms with Crippen LogP contribution in [-0.2, 0) is 11.3 Å². The van der Waals surface area contributed by atoms with Crippen LogP contribution in [0.5, 0.6) is 0 Å². The van der Waals surface area contributed by atoms with E-state index >= 15 is 0 Å². The highest BCUT2D eigenvalue weighted by Gasteiger charge is 2.13. The van der Waals surface area contributed by atoms with Crippen LogP contribution in [0.3, 0.4) is 0 Å². The van der Waals surface area contributed by atoms with Crippen LogP contribution in [0.1, 0.15) is 11.3 Å². The van der Waals surface area contributed by atoms with Crippen LogP contribution in [0.2, 0.25) is 0 Å². The highest BCUT2D eigenvalue weighted by molar-refractivity contribution is 7.15. The summed E-state index contributed by atoms with van der Waals surface area (Å²) in [5.74, 6) is 0. The van der Waals surface area contributed by atoms with E-state index in [-0.39, 0.29) is 6.61 Å². The Balaban J connectivity index is 2.04. The van der Waals surface area contributed by atoms with Crippen molar-refractivity contribution in [3.05, 3.63) is 11.1 Å². The number of aromatic nitrogens is 1. The molecule has 1 aliphatic heterocycles. The van der Waals surface area contributed by atoms with Gasteiger partial charge in [0.1, 0.15) is 0 Å². The molecule has 1 N–H and O–H groups in total. The van der Waals surface area contributed by atoms with E-state index in [1.54, 1.807) is 17.5 Å². The number of hydrogen-bond donors (Lipinski definition) is 1. The SMILES string of the molecule is OCc1cnc(N2CCCOCC2)s1. The summed E-state index contributed by atoms with van der Waals surface area (Å²) in [5, 5.41) is 9.93. The molecule has 0 atom stereocenters. The van der Waals surface area contributed by atoms with Gasteiger partial charge in [0, 0.05) is 25.9 Å². The second-order valence-electron chi connectivity index (χ2n) is 3.22. The second-order valence-corrected chi connectivity index (χ2v) is 4.31. The van der Waals surface area contributed by atoms with Gasteiger partial charge in [0.2, 0.25) is 0 Å². The van der Waals surface area contributed by atoms with Crippen LogP contribution < -0.4 is 4.90 Å². The zero-order valence-electron chi connectivity index (χ0n) is 7.98. The summed E-state index contributed by atoms with van der Waals surface area (Å²) in [6.07, 6.45) is 2.79. The van der Waals surface area contributed by atoms with Crippen molar-refractivity contribution in [2.24, 2.45) is 0 Å². The van der Waals surface area contributed by atoms with Crippen molar-refractivity contribution in [3.8, 4) is 0 Å². The molecule has 14 heavy (non-hydrogen) atoms. The topological polar surface area (TPSA) is 45.6 Å². The first-order valence-corrected chi connectivity index (χ1v) is 5.60. The standard InChI is InChI=1S/C9H14N2O2S/c12-7-8-6-10-9(14-8)11-2-1-4-13-5-3-11/h6,12H,1-5,7H2. The van der Waals surface area contributed by atoms with Gasteiger partial charge in [-0.25, -0.2) is 4.98 Å². The van der Waals surface area contributed by atoms with Gasteiger partial charge in [-0.3, -0.25) is 0 Å². The highest BCUT2D eigenvalue weighted by Crippen LogP contribution is 2.23. The molecule has 0 bridgehead atoms. The number of hydrogen-bond acceptors (Lipinski definition) is 5. The zero-order chi connectivity index (χ0) is 9.80. The number of ether oxygens (including phenoxy) is 1. The number of rotatable bonds is 2. The fraction of sp³-hybridized carbons (Fsp3) is 0.667. The third-order valence-corrected chi connectivity index (χ3v) is 3.23. The van der Waals surface area contributed by atoms with Gasteiger partial charge < -0.3 is 14.7 Å². The third kappa shape index (κ3) is 2.23. The van der Waals surface area contributed by atoms with Gasteiger partial charge in [0.05, 0.1) is 18.1 Å². The Morgan fingerprint density at radius 2 is 2.43 bits per heavy atom. The van der Waals surface area contributed by atoms with Gasteiger partial charge in [-0.15, -0.1) is 0 Å². The summed E-state index contributed by atoms with van der Waals surface area (Å²) in [6, 6.07) is 0. The maximum absolute atomic E-state index is 8.93. The number of nitrogens with zero attached hydrogens (tertiary/aromatic N) is 2. The van der Waals surface area contributed by atoms with E-state index in [1.807, 2.05) is 0 Å². The Labute approximate surface area is 87.1 Å². The lowest BCUT2D eigenvalue weighted by molar-refractivity contribution is 0.152. The van der Waals surface area contributed by atoms with Gasteiger partial charge in [0.25, 0.3) is 0 Å². The van der Waals surface area contributed by atoms with Crippen LogP contribution in [0.15, 0.2) is 6.20 Å². The van der Waals surface area contributed by atoms with Crippen LogP contribution in [0.25, 0.3) is 0 Å². The summed E-state index contributed by atoms with van der Waals surface area (Å²) >= 11 is 1.56. The monoisotopic (exact) mass is 214 g/mol. The largest absolute Gasteiger partial charge is 0.391 e.